The molecule has 0 aliphatic carbocycles. The SMILES string of the molecule is Nc1cc(NC(=O)CN2CCCC2)cc(C(=O)Cc2ccccc2)c1. The van der Waals surface area contributed by atoms with Gasteiger partial charge in [-0.2, -0.15) is 0 Å². The van der Waals surface area contributed by atoms with Crippen molar-refractivity contribution < 1.29 is 9.59 Å². The van der Waals surface area contributed by atoms with Crippen LogP contribution in [-0.2, 0) is 11.2 Å². The van der Waals surface area contributed by atoms with E-state index in [-0.39, 0.29) is 11.7 Å². The molecule has 0 unspecified atom stereocenters. The number of hydrogen-bond acceptors (Lipinski definition) is 4. The number of likely N-dealkylation sites (tertiary alicyclic amines) is 1. The lowest BCUT2D eigenvalue weighted by molar-refractivity contribution is -0.117. The first kappa shape index (κ1) is 17.2. The summed E-state index contributed by atoms with van der Waals surface area (Å²) in [6.07, 6.45) is 2.60. The molecule has 3 rings (SSSR count). The summed E-state index contributed by atoms with van der Waals surface area (Å²) in [5, 5.41) is 2.86. The van der Waals surface area contributed by atoms with E-state index < -0.39 is 0 Å². The number of carbonyl (C=O) groups is 2. The lowest BCUT2D eigenvalue weighted by Gasteiger charge is -2.14. The molecule has 0 atom stereocenters. The lowest BCUT2D eigenvalue weighted by atomic mass is 10.0. The average Bonchev–Trinajstić information content (AvgIpc) is 3.08. The quantitative estimate of drug-likeness (QED) is 0.628. The van der Waals surface area contributed by atoms with Crippen molar-refractivity contribution in [2.45, 2.75) is 19.3 Å². The number of anilines is 2. The maximum absolute atomic E-state index is 12.5. The number of nitrogens with zero attached hydrogens (tertiary/aromatic N) is 1. The summed E-state index contributed by atoms with van der Waals surface area (Å²) in [5.41, 5.74) is 8.42. The van der Waals surface area contributed by atoms with Crippen LogP contribution >= 0.6 is 0 Å². The van der Waals surface area contributed by atoms with Crippen LogP contribution in [0.3, 0.4) is 0 Å². The van der Waals surface area contributed by atoms with Crippen LogP contribution in [0, 0.1) is 0 Å². The number of rotatable bonds is 6. The van der Waals surface area contributed by atoms with Crippen LogP contribution in [0.15, 0.2) is 48.5 Å². The molecule has 1 heterocycles. The fourth-order valence-corrected chi connectivity index (χ4v) is 3.11. The summed E-state index contributed by atoms with van der Waals surface area (Å²) in [6.45, 7) is 2.30. The van der Waals surface area contributed by atoms with Crippen molar-refractivity contribution in [3.63, 3.8) is 0 Å². The highest BCUT2D eigenvalue weighted by atomic mass is 16.2. The van der Waals surface area contributed by atoms with Gasteiger partial charge in [0, 0.05) is 23.4 Å². The van der Waals surface area contributed by atoms with Gasteiger partial charge >= 0.3 is 0 Å². The standard InChI is InChI=1S/C20H23N3O2/c21-17-11-16(19(24)10-15-6-2-1-3-7-15)12-18(13-17)22-20(25)14-23-8-4-5-9-23/h1-3,6-7,11-13H,4-5,8-10,14,21H2,(H,22,25). The Bertz CT molecular complexity index is 753. The Hall–Kier alpha value is -2.66. The minimum Gasteiger partial charge on any atom is -0.399 e. The van der Waals surface area contributed by atoms with E-state index >= 15 is 0 Å². The molecule has 1 saturated heterocycles. The van der Waals surface area contributed by atoms with Gasteiger partial charge in [-0.05, 0) is 49.7 Å². The summed E-state index contributed by atoms with van der Waals surface area (Å²) >= 11 is 0. The van der Waals surface area contributed by atoms with Crippen LogP contribution in [0.5, 0.6) is 0 Å². The van der Waals surface area contributed by atoms with E-state index in [0.717, 1.165) is 31.5 Å². The molecule has 25 heavy (non-hydrogen) atoms. The largest absolute Gasteiger partial charge is 0.399 e. The summed E-state index contributed by atoms with van der Waals surface area (Å²) in [6, 6.07) is 14.6. The number of ketones is 1. The highest BCUT2D eigenvalue weighted by Gasteiger charge is 2.16. The molecule has 0 radical (unpaired) electrons. The second-order valence-electron chi connectivity index (χ2n) is 6.46. The third-order valence-corrected chi connectivity index (χ3v) is 4.33. The first-order chi connectivity index (χ1) is 12.1. The summed E-state index contributed by atoms with van der Waals surface area (Å²) < 4.78 is 0. The van der Waals surface area contributed by atoms with Gasteiger partial charge in [0.1, 0.15) is 0 Å². The Morgan fingerprint density at radius 2 is 1.76 bits per heavy atom. The van der Waals surface area contributed by atoms with Crippen LogP contribution < -0.4 is 11.1 Å². The third kappa shape index (κ3) is 4.90. The zero-order valence-corrected chi connectivity index (χ0v) is 14.2. The normalized spacial score (nSPS) is 14.4. The van der Waals surface area contributed by atoms with E-state index in [1.807, 2.05) is 30.3 Å². The number of nitrogens with one attached hydrogen (secondary N) is 1. The Kier molecular flexibility index (Phi) is 5.46. The summed E-state index contributed by atoms with van der Waals surface area (Å²) in [4.78, 5) is 26.8. The topological polar surface area (TPSA) is 75.4 Å². The average molecular weight is 337 g/mol. The van der Waals surface area contributed by atoms with E-state index in [2.05, 4.69) is 10.2 Å². The summed E-state index contributed by atoms with van der Waals surface area (Å²) in [7, 11) is 0. The third-order valence-electron chi connectivity index (χ3n) is 4.33. The van der Waals surface area contributed by atoms with Crippen molar-refractivity contribution in [1.82, 2.24) is 4.90 Å². The van der Waals surface area contributed by atoms with Gasteiger partial charge < -0.3 is 11.1 Å². The second-order valence-corrected chi connectivity index (χ2v) is 6.46. The summed E-state index contributed by atoms with van der Waals surface area (Å²) in [5.74, 6) is -0.0949. The molecule has 1 amide bonds. The highest BCUT2D eigenvalue weighted by molar-refractivity contribution is 6.00. The first-order valence-corrected chi connectivity index (χ1v) is 8.60. The van der Waals surface area contributed by atoms with Crippen LogP contribution in [0.25, 0.3) is 0 Å². The number of carbonyl (C=O) groups excluding carboxylic acids is 2. The first-order valence-electron chi connectivity index (χ1n) is 8.60. The zero-order chi connectivity index (χ0) is 17.6. The molecular weight excluding hydrogens is 314 g/mol. The van der Waals surface area contributed by atoms with Crippen molar-refractivity contribution in [3.8, 4) is 0 Å². The van der Waals surface area contributed by atoms with Crippen molar-refractivity contribution in [2.24, 2.45) is 0 Å². The van der Waals surface area contributed by atoms with Gasteiger partial charge in [0.2, 0.25) is 5.91 Å². The van der Waals surface area contributed by atoms with Gasteiger partial charge in [0.05, 0.1) is 6.54 Å². The number of nitrogens with two attached hydrogens (primary N) is 1. The maximum atomic E-state index is 12.5. The molecule has 3 N–H and O–H groups in total. The Morgan fingerprint density at radius 3 is 2.48 bits per heavy atom. The lowest BCUT2D eigenvalue weighted by Crippen LogP contribution is -2.30. The molecule has 5 nitrogen and oxygen atoms in total. The monoisotopic (exact) mass is 337 g/mol. The second kappa shape index (κ2) is 7.94. The molecule has 0 saturated carbocycles. The zero-order valence-electron chi connectivity index (χ0n) is 14.2. The van der Waals surface area contributed by atoms with Crippen molar-refractivity contribution in [1.29, 1.82) is 0 Å². The minimum absolute atomic E-state index is 0.0199. The van der Waals surface area contributed by atoms with Crippen molar-refractivity contribution >= 4 is 23.1 Å². The van der Waals surface area contributed by atoms with Gasteiger partial charge in [-0.3, -0.25) is 14.5 Å². The minimum atomic E-state index is -0.0750. The van der Waals surface area contributed by atoms with E-state index in [4.69, 9.17) is 5.73 Å². The molecule has 0 bridgehead atoms. The predicted molar refractivity (Wildman–Crippen MR) is 99.6 cm³/mol. The molecule has 130 valence electrons. The number of nitrogen functional groups attached to an aromatic ring is 1. The van der Waals surface area contributed by atoms with Crippen molar-refractivity contribution in [2.75, 3.05) is 30.7 Å². The van der Waals surface area contributed by atoms with Crippen molar-refractivity contribution in [3.05, 3.63) is 59.7 Å². The van der Waals surface area contributed by atoms with E-state index in [9.17, 15) is 9.59 Å². The molecule has 2 aromatic carbocycles. The Balaban J connectivity index is 1.67. The molecule has 0 spiro atoms. The Labute approximate surface area is 147 Å². The Morgan fingerprint density at radius 1 is 1.04 bits per heavy atom. The molecule has 2 aromatic rings. The molecule has 1 aliphatic rings. The molecule has 5 heteroatoms. The number of benzene rings is 2. The molecule has 1 fully saturated rings. The van der Waals surface area contributed by atoms with Gasteiger partial charge in [0.15, 0.2) is 5.78 Å². The van der Waals surface area contributed by atoms with Gasteiger partial charge in [-0.1, -0.05) is 30.3 Å². The predicted octanol–water partition coefficient (Wildman–Crippen LogP) is 2.73. The van der Waals surface area contributed by atoms with Crippen LogP contribution in [0.4, 0.5) is 11.4 Å². The number of hydrogen-bond donors (Lipinski definition) is 2. The molecule has 0 aromatic heterocycles. The van der Waals surface area contributed by atoms with E-state index in [1.165, 1.54) is 0 Å². The van der Waals surface area contributed by atoms with Gasteiger partial charge in [-0.15, -0.1) is 0 Å². The highest BCUT2D eigenvalue weighted by Crippen LogP contribution is 2.19. The van der Waals surface area contributed by atoms with Gasteiger partial charge in [0.25, 0.3) is 0 Å². The number of Topliss-reactive ketones (excluding diaryl/α,β-unsaturated/α-hetero) is 1. The fourth-order valence-electron chi connectivity index (χ4n) is 3.11. The maximum Gasteiger partial charge on any atom is 0.238 e. The van der Waals surface area contributed by atoms with Gasteiger partial charge in [-0.25, -0.2) is 0 Å². The smallest absolute Gasteiger partial charge is 0.238 e. The number of amides is 1. The van der Waals surface area contributed by atoms with Crippen LogP contribution in [-0.4, -0.2) is 36.2 Å². The van der Waals surface area contributed by atoms with E-state index in [1.54, 1.807) is 18.2 Å². The molecular formula is C20H23N3O2. The van der Waals surface area contributed by atoms with E-state index in [0.29, 0.717) is 29.9 Å². The van der Waals surface area contributed by atoms with Crippen LogP contribution in [0.1, 0.15) is 28.8 Å². The van der Waals surface area contributed by atoms with Crippen LogP contribution in [0.2, 0.25) is 0 Å². The molecule has 1 aliphatic heterocycles. The fraction of sp³-hybridized carbons (Fsp3) is 0.300.